The van der Waals surface area contributed by atoms with Crippen LogP contribution in [0, 0.1) is 0 Å². The van der Waals surface area contributed by atoms with Gasteiger partial charge in [-0.1, -0.05) is 0 Å². The zero-order valence-electron chi connectivity index (χ0n) is 8.03. The van der Waals surface area contributed by atoms with Gasteiger partial charge in [0.25, 0.3) is 0 Å². The standard InChI is InChI=1S/C9H17NO2S/c1-13-7-4-8(9(11)12)10-5-2-3-6-10/h8H,2-7H2,1H3,(H,11,12). The molecule has 4 heteroatoms. The van der Waals surface area contributed by atoms with Gasteiger partial charge in [-0.3, -0.25) is 9.69 Å². The maximum Gasteiger partial charge on any atom is 0.320 e. The summed E-state index contributed by atoms with van der Waals surface area (Å²) in [7, 11) is 0. The molecule has 1 rings (SSSR count). The summed E-state index contributed by atoms with van der Waals surface area (Å²) >= 11 is 1.72. The number of aliphatic carboxylic acids is 1. The van der Waals surface area contributed by atoms with Crippen molar-refractivity contribution >= 4 is 17.7 Å². The molecule has 1 aliphatic rings. The fourth-order valence-corrected chi connectivity index (χ4v) is 2.20. The van der Waals surface area contributed by atoms with Crippen LogP contribution in [0.2, 0.25) is 0 Å². The van der Waals surface area contributed by atoms with E-state index in [4.69, 9.17) is 5.11 Å². The van der Waals surface area contributed by atoms with Gasteiger partial charge in [-0.25, -0.2) is 0 Å². The SMILES string of the molecule is CSCCC(C(=O)O)N1CCCC1. The second kappa shape index (κ2) is 5.50. The first-order chi connectivity index (χ1) is 6.25. The van der Waals surface area contributed by atoms with Crippen molar-refractivity contribution in [2.75, 3.05) is 25.1 Å². The lowest BCUT2D eigenvalue weighted by molar-refractivity contribution is -0.142. The first-order valence-electron chi connectivity index (χ1n) is 4.71. The van der Waals surface area contributed by atoms with Crippen LogP contribution in [0.25, 0.3) is 0 Å². The number of carboxylic acid groups (broad SMARTS) is 1. The summed E-state index contributed by atoms with van der Waals surface area (Å²) in [6.07, 6.45) is 5.10. The molecule has 1 heterocycles. The molecule has 0 aliphatic carbocycles. The highest BCUT2D eigenvalue weighted by atomic mass is 32.2. The van der Waals surface area contributed by atoms with Crippen LogP contribution < -0.4 is 0 Å². The summed E-state index contributed by atoms with van der Waals surface area (Å²) in [5.74, 6) is 0.281. The highest BCUT2D eigenvalue weighted by Gasteiger charge is 2.26. The maximum absolute atomic E-state index is 10.9. The molecule has 1 saturated heterocycles. The molecule has 0 amide bonds. The number of rotatable bonds is 5. The van der Waals surface area contributed by atoms with E-state index in [0.717, 1.165) is 38.1 Å². The Balaban J connectivity index is 2.40. The van der Waals surface area contributed by atoms with Crippen LogP contribution >= 0.6 is 11.8 Å². The minimum absolute atomic E-state index is 0.241. The average Bonchev–Trinajstić information content (AvgIpc) is 2.57. The largest absolute Gasteiger partial charge is 0.480 e. The smallest absolute Gasteiger partial charge is 0.320 e. The first kappa shape index (κ1) is 10.9. The van der Waals surface area contributed by atoms with Gasteiger partial charge in [-0.15, -0.1) is 0 Å². The van der Waals surface area contributed by atoms with Crippen molar-refractivity contribution in [1.82, 2.24) is 4.90 Å². The van der Waals surface area contributed by atoms with E-state index in [0.29, 0.717) is 0 Å². The van der Waals surface area contributed by atoms with Crippen molar-refractivity contribution in [2.45, 2.75) is 25.3 Å². The number of hydrogen-bond donors (Lipinski definition) is 1. The van der Waals surface area contributed by atoms with E-state index in [-0.39, 0.29) is 6.04 Å². The molecule has 1 unspecified atom stereocenters. The van der Waals surface area contributed by atoms with Crippen molar-refractivity contribution in [3.8, 4) is 0 Å². The summed E-state index contributed by atoms with van der Waals surface area (Å²) < 4.78 is 0. The number of hydrogen-bond acceptors (Lipinski definition) is 3. The van der Waals surface area contributed by atoms with Gasteiger partial charge in [0, 0.05) is 0 Å². The third-order valence-corrected chi connectivity index (χ3v) is 3.11. The second-order valence-electron chi connectivity index (χ2n) is 3.38. The Morgan fingerprint density at radius 3 is 2.62 bits per heavy atom. The lowest BCUT2D eigenvalue weighted by atomic mass is 10.2. The Labute approximate surface area is 83.5 Å². The minimum Gasteiger partial charge on any atom is -0.480 e. The van der Waals surface area contributed by atoms with Crippen LogP contribution in [0.5, 0.6) is 0 Å². The maximum atomic E-state index is 10.9. The molecular weight excluding hydrogens is 186 g/mol. The van der Waals surface area contributed by atoms with Crippen LogP contribution in [0.1, 0.15) is 19.3 Å². The molecule has 1 fully saturated rings. The molecule has 1 aliphatic heterocycles. The molecule has 0 saturated carbocycles. The van der Waals surface area contributed by atoms with Crippen molar-refractivity contribution in [3.63, 3.8) is 0 Å². The van der Waals surface area contributed by atoms with Gasteiger partial charge >= 0.3 is 5.97 Å². The Kier molecular flexibility index (Phi) is 4.59. The Hall–Kier alpha value is -0.220. The van der Waals surface area contributed by atoms with Crippen LogP contribution in [0.15, 0.2) is 0 Å². The molecule has 0 aromatic carbocycles. The zero-order valence-corrected chi connectivity index (χ0v) is 8.85. The highest BCUT2D eigenvalue weighted by molar-refractivity contribution is 7.98. The summed E-state index contributed by atoms with van der Waals surface area (Å²) in [4.78, 5) is 13.0. The Morgan fingerprint density at radius 1 is 1.54 bits per heavy atom. The molecule has 1 atom stereocenters. The predicted molar refractivity (Wildman–Crippen MR) is 55.2 cm³/mol. The summed E-state index contributed by atoms with van der Waals surface area (Å²) in [6, 6.07) is -0.241. The van der Waals surface area contributed by atoms with E-state index in [1.54, 1.807) is 11.8 Å². The van der Waals surface area contributed by atoms with E-state index < -0.39 is 5.97 Å². The van der Waals surface area contributed by atoms with Crippen LogP contribution in [-0.4, -0.2) is 47.1 Å². The Morgan fingerprint density at radius 2 is 2.15 bits per heavy atom. The summed E-state index contributed by atoms with van der Waals surface area (Å²) in [5.41, 5.74) is 0. The molecule has 3 nitrogen and oxygen atoms in total. The second-order valence-corrected chi connectivity index (χ2v) is 4.36. The van der Waals surface area contributed by atoms with Crippen molar-refractivity contribution in [2.24, 2.45) is 0 Å². The molecule has 0 bridgehead atoms. The molecule has 0 spiro atoms. The van der Waals surface area contributed by atoms with Crippen molar-refractivity contribution in [1.29, 1.82) is 0 Å². The Bertz CT molecular complexity index is 169. The monoisotopic (exact) mass is 203 g/mol. The van der Waals surface area contributed by atoms with E-state index in [2.05, 4.69) is 4.90 Å². The van der Waals surface area contributed by atoms with Gasteiger partial charge in [0.1, 0.15) is 6.04 Å². The van der Waals surface area contributed by atoms with Crippen LogP contribution in [-0.2, 0) is 4.79 Å². The normalized spacial score (nSPS) is 20.4. The van der Waals surface area contributed by atoms with Gasteiger partial charge in [-0.2, -0.15) is 11.8 Å². The molecule has 0 aromatic heterocycles. The molecule has 13 heavy (non-hydrogen) atoms. The fourth-order valence-electron chi connectivity index (χ4n) is 1.74. The van der Waals surface area contributed by atoms with E-state index in [1.165, 1.54) is 0 Å². The van der Waals surface area contributed by atoms with Gasteiger partial charge in [0.15, 0.2) is 0 Å². The number of thioether (sulfide) groups is 1. The summed E-state index contributed by atoms with van der Waals surface area (Å²) in [5, 5.41) is 9.01. The third-order valence-electron chi connectivity index (χ3n) is 2.46. The van der Waals surface area contributed by atoms with E-state index in [9.17, 15) is 4.79 Å². The van der Waals surface area contributed by atoms with Gasteiger partial charge in [0.05, 0.1) is 0 Å². The predicted octanol–water partition coefficient (Wildman–Crippen LogP) is 1.29. The van der Waals surface area contributed by atoms with Crippen LogP contribution in [0.4, 0.5) is 0 Å². The molecule has 1 N–H and O–H groups in total. The first-order valence-corrected chi connectivity index (χ1v) is 6.11. The average molecular weight is 203 g/mol. The van der Waals surface area contributed by atoms with Gasteiger partial charge < -0.3 is 5.11 Å². The number of carbonyl (C=O) groups is 1. The number of carboxylic acids is 1. The lowest BCUT2D eigenvalue weighted by Crippen LogP contribution is -2.39. The molecule has 0 radical (unpaired) electrons. The topological polar surface area (TPSA) is 40.5 Å². The molecular formula is C9H17NO2S. The van der Waals surface area contributed by atoms with E-state index >= 15 is 0 Å². The van der Waals surface area contributed by atoms with Gasteiger partial charge in [0.2, 0.25) is 0 Å². The quantitative estimate of drug-likeness (QED) is 0.731. The zero-order chi connectivity index (χ0) is 9.68. The number of likely N-dealkylation sites (tertiary alicyclic amines) is 1. The third kappa shape index (κ3) is 3.19. The fraction of sp³-hybridized carbons (Fsp3) is 0.889. The van der Waals surface area contributed by atoms with Crippen molar-refractivity contribution < 1.29 is 9.90 Å². The molecule has 76 valence electrons. The highest BCUT2D eigenvalue weighted by Crippen LogP contribution is 2.15. The van der Waals surface area contributed by atoms with Crippen molar-refractivity contribution in [3.05, 3.63) is 0 Å². The van der Waals surface area contributed by atoms with E-state index in [1.807, 2.05) is 6.26 Å². The van der Waals surface area contributed by atoms with Gasteiger partial charge in [-0.05, 0) is 44.4 Å². The minimum atomic E-state index is -0.657. The lowest BCUT2D eigenvalue weighted by Gasteiger charge is -2.23. The van der Waals surface area contributed by atoms with Crippen LogP contribution in [0.3, 0.4) is 0 Å². The molecule has 0 aromatic rings. The number of nitrogens with zero attached hydrogens (tertiary/aromatic N) is 1. The summed E-state index contributed by atoms with van der Waals surface area (Å²) in [6.45, 7) is 1.93.